The Hall–Kier alpha value is -1.51. The minimum absolute atomic E-state index is 0.336. The van der Waals surface area contributed by atoms with Crippen molar-refractivity contribution in [3.63, 3.8) is 0 Å². The smallest absolute Gasteiger partial charge is 0.142 e. The molecule has 2 heterocycles. The number of nitrogens with zero attached hydrogens (tertiary/aromatic N) is 2. The van der Waals surface area contributed by atoms with Gasteiger partial charge in [-0.25, -0.2) is 4.39 Å². The largest absolute Gasteiger partial charge is 0.252 e. The van der Waals surface area contributed by atoms with Crippen molar-refractivity contribution < 1.29 is 4.39 Å². The summed E-state index contributed by atoms with van der Waals surface area (Å²) in [4.78, 5) is 7.56. The summed E-state index contributed by atoms with van der Waals surface area (Å²) in [6, 6.07) is 3.01. The first-order valence-electron chi connectivity index (χ1n) is 3.13. The summed E-state index contributed by atoms with van der Waals surface area (Å²) in [6.45, 7) is 0. The van der Waals surface area contributed by atoms with Crippen LogP contribution in [0.4, 0.5) is 4.39 Å². The van der Waals surface area contributed by atoms with Gasteiger partial charge in [-0.05, 0) is 12.1 Å². The average molecular weight is 147 g/mol. The van der Waals surface area contributed by atoms with Crippen LogP contribution in [0.1, 0.15) is 0 Å². The molecule has 0 aromatic carbocycles. The third kappa shape index (κ3) is 1.05. The van der Waals surface area contributed by atoms with E-state index in [1.54, 1.807) is 12.3 Å². The van der Waals surface area contributed by atoms with Gasteiger partial charge in [0.1, 0.15) is 5.82 Å². The van der Waals surface area contributed by atoms with E-state index in [1.165, 1.54) is 12.3 Å². The maximum Gasteiger partial charge on any atom is 0.142 e. The lowest BCUT2D eigenvalue weighted by atomic mass is 10.3. The molecule has 0 bridgehead atoms. The van der Waals surface area contributed by atoms with Crippen molar-refractivity contribution in [2.75, 3.05) is 0 Å². The van der Waals surface area contributed by atoms with Crippen LogP contribution in [0.15, 0.2) is 24.5 Å². The van der Waals surface area contributed by atoms with Crippen molar-refractivity contribution in [2.45, 2.75) is 0 Å². The van der Waals surface area contributed by atoms with Crippen molar-refractivity contribution in [1.82, 2.24) is 9.97 Å². The molecular formula is C8H4FN2. The fourth-order valence-corrected chi connectivity index (χ4v) is 0.894. The van der Waals surface area contributed by atoms with Crippen LogP contribution >= 0.6 is 0 Å². The Morgan fingerprint density at radius 3 is 3.18 bits per heavy atom. The normalized spacial score (nSPS) is 10.3. The summed E-state index contributed by atoms with van der Waals surface area (Å²) < 4.78 is 12.5. The summed E-state index contributed by atoms with van der Waals surface area (Å²) in [5, 5.41) is 0.722. The summed E-state index contributed by atoms with van der Waals surface area (Å²) in [6.07, 6.45) is 5.33. The van der Waals surface area contributed by atoms with Crippen LogP contribution in [0, 0.1) is 12.0 Å². The van der Waals surface area contributed by atoms with Crippen molar-refractivity contribution in [3.05, 3.63) is 36.5 Å². The molecule has 0 unspecified atom stereocenters. The zero-order valence-electron chi connectivity index (χ0n) is 5.58. The standard InChI is InChI=1S/C8H4FN2/c9-7-3-6-1-2-10-5-8(6)11-4-7/h1,3-5H. The van der Waals surface area contributed by atoms with Gasteiger partial charge in [-0.3, -0.25) is 9.97 Å². The van der Waals surface area contributed by atoms with Gasteiger partial charge in [-0.15, -0.1) is 0 Å². The van der Waals surface area contributed by atoms with Crippen molar-refractivity contribution in [1.29, 1.82) is 0 Å². The third-order valence-corrected chi connectivity index (χ3v) is 1.40. The zero-order chi connectivity index (χ0) is 7.68. The second-order valence-electron chi connectivity index (χ2n) is 2.16. The van der Waals surface area contributed by atoms with Gasteiger partial charge in [-0.1, -0.05) is 0 Å². The molecule has 0 aliphatic rings. The highest BCUT2D eigenvalue weighted by atomic mass is 19.1. The topological polar surface area (TPSA) is 25.8 Å². The predicted molar refractivity (Wildman–Crippen MR) is 38.3 cm³/mol. The molecule has 0 fully saturated rings. The SMILES string of the molecule is Fc1cnc2cn[c]cc2c1. The molecular weight excluding hydrogens is 143 g/mol. The summed E-state index contributed by atoms with van der Waals surface area (Å²) in [5.74, 6) is -0.336. The van der Waals surface area contributed by atoms with E-state index in [1.807, 2.05) is 0 Å². The van der Waals surface area contributed by atoms with Crippen LogP contribution < -0.4 is 0 Å². The lowest BCUT2D eigenvalue weighted by molar-refractivity contribution is 0.624. The second kappa shape index (κ2) is 2.27. The Labute approximate surface area is 62.7 Å². The number of hydrogen-bond acceptors (Lipinski definition) is 2. The van der Waals surface area contributed by atoms with Gasteiger partial charge < -0.3 is 0 Å². The Kier molecular flexibility index (Phi) is 1.28. The molecule has 0 saturated carbocycles. The molecule has 2 nitrogen and oxygen atoms in total. The molecule has 0 atom stereocenters. The van der Waals surface area contributed by atoms with Crippen molar-refractivity contribution in [3.8, 4) is 0 Å². The Bertz CT molecular complexity index is 387. The third-order valence-electron chi connectivity index (χ3n) is 1.40. The first-order chi connectivity index (χ1) is 5.36. The first kappa shape index (κ1) is 6.22. The molecule has 2 aromatic heterocycles. The van der Waals surface area contributed by atoms with E-state index >= 15 is 0 Å². The molecule has 0 aliphatic heterocycles. The number of halogens is 1. The number of pyridine rings is 2. The van der Waals surface area contributed by atoms with E-state index in [4.69, 9.17) is 0 Å². The lowest BCUT2D eigenvalue weighted by Crippen LogP contribution is -1.82. The van der Waals surface area contributed by atoms with Crippen molar-refractivity contribution >= 4 is 10.9 Å². The van der Waals surface area contributed by atoms with E-state index in [2.05, 4.69) is 16.2 Å². The van der Waals surface area contributed by atoms with Crippen LogP contribution in [0.5, 0.6) is 0 Å². The number of hydrogen-bond donors (Lipinski definition) is 0. The van der Waals surface area contributed by atoms with E-state index in [0.717, 1.165) is 5.39 Å². The van der Waals surface area contributed by atoms with Gasteiger partial charge in [0.05, 0.1) is 24.1 Å². The van der Waals surface area contributed by atoms with E-state index in [0.29, 0.717) is 5.52 Å². The Balaban J connectivity index is 2.83. The fourth-order valence-electron chi connectivity index (χ4n) is 0.894. The average Bonchev–Trinajstić information content (AvgIpc) is 2.04. The van der Waals surface area contributed by atoms with Gasteiger partial charge in [0, 0.05) is 5.39 Å². The quantitative estimate of drug-likeness (QED) is 0.565. The van der Waals surface area contributed by atoms with Crippen LogP contribution in [0.25, 0.3) is 10.9 Å². The van der Waals surface area contributed by atoms with Crippen LogP contribution in [-0.4, -0.2) is 9.97 Å². The fraction of sp³-hybridized carbons (Fsp3) is 0. The number of rotatable bonds is 0. The number of fused-ring (bicyclic) bond motifs is 1. The highest BCUT2D eigenvalue weighted by Gasteiger charge is 1.94. The van der Waals surface area contributed by atoms with Crippen LogP contribution in [0.3, 0.4) is 0 Å². The molecule has 0 N–H and O–H groups in total. The van der Waals surface area contributed by atoms with E-state index in [9.17, 15) is 4.39 Å². The minimum atomic E-state index is -0.336. The van der Waals surface area contributed by atoms with Crippen LogP contribution in [0.2, 0.25) is 0 Å². The van der Waals surface area contributed by atoms with Gasteiger partial charge in [0.2, 0.25) is 0 Å². The van der Waals surface area contributed by atoms with Gasteiger partial charge in [0.25, 0.3) is 0 Å². The van der Waals surface area contributed by atoms with Gasteiger partial charge >= 0.3 is 0 Å². The minimum Gasteiger partial charge on any atom is -0.252 e. The Morgan fingerprint density at radius 1 is 1.36 bits per heavy atom. The maximum absolute atomic E-state index is 12.5. The van der Waals surface area contributed by atoms with Crippen molar-refractivity contribution in [2.24, 2.45) is 0 Å². The van der Waals surface area contributed by atoms with Gasteiger partial charge in [0.15, 0.2) is 0 Å². The second-order valence-corrected chi connectivity index (χ2v) is 2.16. The molecule has 0 aliphatic carbocycles. The maximum atomic E-state index is 12.5. The summed E-state index contributed by atoms with van der Waals surface area (Å²) in [7, 11) is 0. The molecule has 0 spiro atoms. The molecule has 2 aromatic rings. The molecule has 0 amide bonds. The molecule has 1 radical (unpaired) electrons. The highest BCUT2D eigenvalue weighted by molar-refractivity contribution is 5.76. The molecule has 3 heteroatoms. The molecule has 11 heavy (non-hydrogen) atoms. The van der Waals surface area contributed by atoms with Gasteiger partial charge in [-0.2, -0.15) is 0 Å². The Morgan fingerprint density at radius 2 is 2.27 bits per heavy atom. The number of aromatic nitrogens is 2. The molecule has 2 rings (SSSR count). The lowest BCUT2D eigenvalue weighted by Gasteiger charge is -1.92. The van der Waals surface area contributed by atoms with Crippen LogP contribution in [-0.2, 0) is 0 Å². The highest BCUT2D eigenvalue weighted by Crippen LogP contribution is 2.09. The van der Waals surface area contributed by atoms with E-state index in [-0.39, 0.29) is 5.82 Å². The monoisotopic (exact) mass is 147 g/mol. The summed E-state index contributed by atoms with van der Waals surface area (Å²) >= 11 is 0. The summed E-state index contributed by atoms with van der Waals surface area (Å²) in [5.41, 5.74) is 0.685. The predicted octanol–water partition coefficient (Wildman–Crippen LogP) is 1.57. The first-order valence-corrected chi connectivity index (χ1v) is 3.13. The molecule has 53 valence electrons. The zero-order valence-corrected chi connectivity index (χ0v) is 5.58. The molecule has 0 saturated heterocycles. The van der Waals surface area contributed by atoms with E-state index < -0.39 is 0 Å².